The van der Waals surface area contributed by atoms with Crippen LogP contribution in [0.1, 0.15) is 30.9 Å². The molecule has 94 valence electrons. The zero-order valence-electron chi connectivity index (χ0n) is 10.2. The van der Waals surface area contributed by atoms with Crippen molar-refractivity contribution in [3.8, 4) is 6.07 Å². The average molecular weight is 246 g/mol. The van der Waals surface area contributed by atoms with E-state index in [0.717, 1.165) is 12.8 Å². The zero-order valence-corrected chi connectivity index (χ0v) is 10.2. The van der Waals surface area contributed by atoms with Gasteiger partial charge < -0.3 is 5.32 Å². The average Bonchev–Trinajstić information content (AvgIpc) is 3.20. The van der Waals surface area contributed by atoms with Gasteiger partial charge in [0.05, 0.1) is 11.6 Å². The van der Waals surface area contributed by atoms with Gasteiger partial charge in [-0.2, -0.15) is 5.26 Å². The van der Waals surface area contributed by atoms with Gasteiger partial charge in [-0.25, -0.2) is 4.39 Å². The van der Waals surface area contributed by atoms with E-state index in [9.17, 15) is 9.18 Å². The van der Waals surface area contributed by atoms with Gasteiger partial charge in [-0.15, -0.1) is 0 Å². The fourth-order valence-corrected chi connectivity index (χ4v) is 1.91. The highest BCUT2D eigenvalue weighted by Crippen LogP contribution is 2.36. The number of halogens is 1. The quantitative estimate of drug-likeness (QED) is 0.886. The number of nitrogens with zero attached hydrogens (tertiary/aromatic N) is 1. The van der Waals surface area contributed by atoms with E-state index < -0.39 is 5.82 Å². The third-order valence-electron chi connectivity index (χ3n) is 3.38. The summed E-state index contributed by atoms with van der Waals surface area (Å²) >= 11 is 0. The van der Waals surface area contributed by atoms with Crippen LogP contribution in [0.4, 0.5) is 4.39 Å². The Morgan fingerprint density at radius 3 is 2.89 bits per heavy atom. The molecule has 4 heteroatoms. The lowest BCUT2D eigenvalue weighted by atomic mass is 10.1. The second-order valence-electron chi connectivity index (χ2n) is 4.76. The molecule has 0 bridgehead atoms. The number of nitrogens with one attached hydrogen (secondary N) is 1. The number of carbonyl (C=O) groups excluding carboxylic acids is 1. The molecule has 1 fully saturated rings. The molecule has 0 saturated heterocycles. The van der Waals surface area contributed by atoms with E-state index in [4.69, 9.17) is 5.26 Å². The van der Waals surface area contributed by atoms with Gasteiger partial charge in [-0.05, 0) is 30.9 Å². The van der Waals surface area contributed by atoms with Crippen molar-refractivity contribution in [2.75, 3.05) is 0 Å². The SMILES string of the molecule is CC(C(=O)NCc1ccc(C#N)cc1F)C1CC1. The highest BCUT2D eigenvalue weighted by atomic mass is 19.1. The molecule has 2 rings (SSSR count). The molecule has 0 aromatic heterocycles. The normalized spacial score (nSPS) is 15.8. The number of benzene rings is 1. The summed E-state index contributed by atoms with van der Waals surface area (Å²) in [6.07, 6.45) is 2.22. The molecule has 3 nitrogen and oxygen atoms in total. The van der Waals surface area contributed by atoms with Gasteiger partial charge in [-0.3, -0.25) is 4.79 Å². The van der Waals surface area contributed by atoms with Crippen LogP contribution in [0.25, 0.3) is 0 Å². The van der Waals surface area contributed by atoms with E-state index in [2.05, 4.69) is 5.32 Å². The monoisotopic (exact) mass is 246 g/mol. The molecule has 0 radical (unpaired) electrons. The van der Waals surface area contributed by atoms with Crippen molar-refractivity contribution in [2.24, 2.45) is 11.8 Å². The summed E-state index contributed by atoms with van der Waals surface area (Å²) in [6.45, 7) is 2.08. The minimum atomic E-state index is -0.451. The summed E-state index contributed by atoms with van der Waals surface area (Å²) in [4.78, 5) is 11.7. The van der Waals surface area contributed by atoms with Crippen LogP contribution in [0.15, 0.2) is 18.2 Å². The Bertz CT molecular complexity index is 503. The van der Waals surface area contributed by atoms with E-state index in [0.29, 0.717) is 11.5 Å². The van der Waals surface area contributed by atoms with Gasteiger partial charge >= 0.3 is 0 Å². The fourth-order valence-electron chi connectivity index (χ4n) is 1.91. The summed E-state index contributed by atoms with van der Waals surface area (Å²) in [5.41, 5.74) is 0.694. The van der Waals surface area contributed by atoms with Gasteiger partial charge in [0.25, 0.3) is 0 Å². The second kappa shape index (κ2) is 5.18. The van der Waals surface area contributed by atoms with Crippen LogP contribution in [-0.2, 0) is 11.3 Å². The molecular formula is C14H15FN2O. The molecule has 0 spiro atoms. The minimum absolute atomic E-state index is 0.00597. The van der Waals surface area contributed by atoms with Crippen molar-refractivity contribution in [3.05, 3.63) is 35.1 Å². The summed E-state index contributed by atoms with van der Waals surface area (Å²) in [6, 6.07) is 6.15. The Hall–Kier alpha value is -1.89. The maximum Gasteiger partial charge on any atom is 0.223 e. The molecule has 0 heterocycles. The fraction of sp³-hybridized carbons (Fsp3) is 0.429. The Morgan fingerprint density at radius 2 is 2.33 bits per heavy atom. The Kier molecular flexibility index (Phi) is 3.61. The van der Waals surface area contributed by atoms with E-state index in [1.165, 1.54) is 12.1 Å². The van der Waals surface area contributed by atoms with Crippen LogP contribution >= 0.6 is 0 Å². The van der Waals surface area contributed by atoms with E-state index >= 15 is 0 Å². The maximum atomic E-state index is 13.6. The second-order valence-corrected chi connectivity index (χ2v) is 4.76. The molecule has 1 atom stereocenters. The Labute approximate surface area is 106 Å². The summed E-state index contributed by atoms with van der Waals surface area (Å²) < 4.78 is 13.6. The minimum Gasteiger partial charge on any atom is -0.352 e. The molecule has 1 unspecified atom stereocenters. The van der Waals surface area contributed by atoms with Crippen molar-refractivity contribution in [3.63, 3.8) is 0 Å². The smallest absolute Gasteiger partial charge is 0.223 e. The Balaban J connectivity index is 1.93. The van der Waals surface area contributed by atoms with Gasteiger partial charge in [0, 0.05) is 18.0 Å². The van der Waals surface area contributed by atoms with Gasteiger partial charge in [0.1, 0.15) is 5.82 Å². The maximum absolute atomic E-state index is 13.6. The lowest BCUT2D eigenvalue weighted by molar-refractivity contribution is -0.125. The number of carbonyl (C=O) groups is 1. The van der Waals surface area contributed by atoms with Crippen LogP contribution < -0.4 is 5.32 Å². The van der Waals surface area contributed by atoms with Crippen LogP contribution in [0.2, 0.25) is 0 Å². The van der Waals surface area contributed by atoms with Crippen LogP contribution in [0, 0.1) is 29.0 Å². The van der Waals surface area contributed by atoms with Gasteiger partial charge in [-0.1, -0.05) is 13.0 Å². The van der Waals surface area contributed by atoms with Crippen molar-refractivity contribution >= 4 is 5.91 Å². The van der Waals surface area contributed by atoms with Crippen molar-refractivity contribution < 1.29 is 9.18 Å². The molecule has 1 amide bonds. The van der Waals surface area contributed by atoms with Gasteiger partial charge in [0.2, 0.25) is 5.91 Å². The van der Waals surface area contributed by atoms with Crippen molar-refractivity contribution in [2.45, 2.75) is 26.3 Å². The van der Waals surface area contributed by atoms with E-state index in [1.54, 1.807) is 6.07 Å². The summed E-state index contributed by atoms with van der Waals surface area (Å²) in [5, 5.41) is 11.4. The first-order valence-electron chi connectivity index (χ1n) is 6.08. The lowest BCUT2D eigenvalue weighted by Crippen LogP contribution is -2.30. The summed E-state index contributed by atoms with van der Waals surface area (Å²) in [5.74, 6) is 0.0249. The predicted molar refractivity (Wildman–Crippen MR) is 64.8 cm³/mol. The molecule has 0 aliphatic heterocycles. The molecule has 1 saturated carbocycles. The predicted octanol–water partition coefficient (Wildman–Crippen LogP) is 2.36. The third-order valence-corrected chi connectivity index (χ3v) is 3.38. The number of amides is 1. The molecular weight excluding hydrogens is 231 g/mol. The van der Waals surface area contributed by atoms with Crippen LogP contribution in [0.5, 0.6) is 0 Å². The topological polar surface area (TPSA) is 52.9 Å². The number of hydrogen-bond acceptors (Lipinski definition) is 2. The molecule has 18 heavy (non-hydrogen) atoms. The first-order chi connectivity index (χ1) is 8.61. The molecule has 1 aliphatic rings. The third kappa shape index (κ3) is 2.86. The van der Waals surface area contributed by atoms with Crippen LogP contribution in [-0.4, -0.2) is 5.91 Å². The van der Waals surface area contributed by atoms with E-state index in [-0.39, 0.29) is 23.9 Å². The van der Waals surface area contributed by atoms with Crippen LogP contribution in [0.3, 0.4) is 0 Å². The largest absolute Gasteiger partial charge is 0.352 e. The highest BCUT2D eigenvalue weighted by molar-refractivity contribution is 5.78. The molecule has 1 aromatic rings. The molecule has 1 N–H and O–H groups in total. The molecule has 1 aromatic carbocycles. The van der Waals surface area contributed by atoms with Crippen molar-refractivity contribution in [1.29, 1.82) is 5.26 Å². The summed E-state index contributed by atoms with van der Waals surface area (Å²) in [7, 11) is 0. The molecule has 1 aliphatic carbocycles. The number of rotatable bonds is 4. The van der Waals surface area contributed by atoms with Gasteiger partial charge in [0.15, 0.2) is 0 Å². The number of hydrogen-bond donors (Lipinski definition) is 1. The lowest BCUT2D eigenvalue weighted by Gasteiger charge is -2.11. The van der Waals surface area contributed by atoms with E-state index in [1.807, 2.05) is 13.0 Å². The highest BCUT2D eigenvalue weighted by Gasteiger charge is 2.32. The zero-order chi connectivity index (χ0) is 13.1. The first-order valence-corrected chi connectivity index (χ1v) is 6.08. The number of nitriles is 1. The first kappa shape index (κ1) is 12.6. The standard InChI is InChI=1S/C14H15FN2O/c1-9(11-4-5-11)14(18)17-8-12-3-2-10(7-16)6-13(12)15/h2-3,6,9,11H,4-5,8H2,1H3,(H,17,18). The van der Waals surface area contributed by atoms with Crippen molar-refractivity contribution in [1.82, 2.24) is 5.32 Å². The Morgan fingerprint density at radius 1 is 1.61 bits per heavy atom.